The Morgan fingerprint density at radius 1 is 1.50 bits per heavy atom. The van der Waals surface area contributed by atoms with E-state index in [0.717, 1.165) is 36.4 Å². The van der Waals surface area contributed by atoms with Gasteiger partial charge in [-0.1, -0.05) is 13.3 Å². The van der Waals surface area contributed by atoms with Gasteiger partial charge in [-0.3, -0.25) is 0 Å². The second-order valence-electron chi connectivity index (χ2n) is 4.27. The van der Waals surface area contributed by atoms with Gasteiger partial charge in [0, 0.05) is 31.5 Å². The third kappa shape index (κ3) is 2.52. The van der Waals surface area contributed by atoms with Crippen molar-refractivity contribution in [2.75, 3.05) is 18.0 Å². The first kappa shape index (κ1) is 11.8. The minimum Gasteiger partial charge on any atom is -0.340 e. The Hall–Kier alpha value is -0.680. The summed E-state index contributed by atoms with van der Waals surface area (Å²) < 4.78 is 0.914. The Kier molecular flexibility index (Phi) is 3.76. The Labute approximate surface area is 104 Å². The molecule has 1 aliphatic rings. The van der Waals surface area contributed by atoms with Gasteiger partial charge in [-0.05, 0) is 28.3 Å². The molecule has 0 saturated carbocycles. The van der Waals surface area contributed by atoms with E-state index >= 15 is 0 Å². The molecule has 1 aliphatic heterocycles. The predicted molar refractivity (Wildman–Crippen MR) is 68.3 cm³/mol. The minimum atomic E-state index is 0.330. The highest BCUT2D eigenvalue weighted by molar-refractivity contribution is 9.10. The van der Waals surface area contributed by atoms with Crippen LogP contribution in [0.1, 0.15) is 19.8 Å². The summed E-state index contributed by atoms with van der Waals surface area (Å²) in [5.74, 6) is 1.37. The second-order valence-corrected chi connectivity index (χ2v) is 5.18. The van der Waals surface area contributed by atoms with Crippen LogP contribution in [-0.2, 0) is 0 Å². The van der Waals surface area contributed by atoms with Gasteiger partial charge in [-0.15, -0.1) is 0 Å². The second kappa shape index (κ2) is 5.10. The normalized spacial score (nSPS) is 25.8. The lowest BCUT2D eigenvalue weighted by atomic mass is 9.91. The molecule has 2 rings (SSSR count). The zero-order chi connectivity index (χ0) is 11.5. The molecule has 1 fully saturated rings. The molecule has 1 aromatic heterocycles. The van der Waals surface area contributed by atoms with Crippen molar-refractivity contribution < 1.29 is 0 Å². The Morgan fingerprint density at radius 2 is 2.19 bits per heavy atom. The standard InChI is InChI=1S/C11H17BrN4/c1-2-8-7-16(4-3-10(8)13)11-14-5-9(12)6-15-11/h5-6,8,10H,2-4,7,13H2,1H3. The van der Waals surface area contributed by atoms with Crippen molar-refractivity contribution in [1.29, 1.82) is 0 Å². The van der Waals surface area contributed by atoms with Gasteiger partial charge in [0.2, 0.25) is 5.95 Å². The van der Waals surface area contributed by atoms with E-state index in [-0.39, 0.29) is 0 Å². The molecule has 2 N–H and O–H groups in total. The van der Waals surface area contributed by atoms with Crippen molar-refractivity contribution in [3.05, 3.63) is 16.9 Å². The number of hydrogen-bond acceptors (Lipinski definition) is 4. The number of hydrogen-bond donors (Lipinski definition) is 1. The lowest BCUT2D eigenvalue weighted by Crippen LogP contribution is -2.47. The summed E-state index contributed by atoms with van der Waals surface area (Å²) in [4.78, 5) is 10.9. The molecule has 0 spiro atoms. The molecular formula is C11H17BrN4. The molecule has 5 heteroatoms. The smallest absolute Gasteiger partial charge is 0.225 e. The molecule has 0 amide bonds. The van der Waals surface area contributed by atoms with Crippen LogP contribution < -0.4 is 10.6 Å². The average molecular weight is 285 g/mol. The quantitative estimate of drug-likeness (QED) is 0.900. The van der Waals surface area contributed by atoms with E-state index in [1.165, 1.54) is 0 Å². The van der Waals surface area contributed by atoms with Gasteiger partial charge in [0.15, 0.2) is 0 Å². The van der Waals surface area contributed by atoms with Crippen LogP contribution in [0.25, 0.3) is 0 Å². The molecule has 1 aromatic rings. The van der Waals surface area contributed by atoms with Crippen LogP contribution in [0.5, 0.6) is 0 Å². The fourth-order valence-electron chi connectivity index (χ4n) is 2.13. The molecule has 0 aliphatic carbocycles. The fraction of sp³-hybridized carbons (Fsp3) is 0.636. The third-order valence-corrected chi connectivity index (χ3v) is 3.62. The van der Waals surface area contributed by atoms with Crippen LogP contribution in [0.2, 0.25) is 0 Å². The van der Waals surface area contributed by atoms with Gasteiger partial charge in [0.05, 0.1) is 4.47 Å². The third-order valence-electron chi connectivity index (χ3n) is 3.21. The molecule has 0 bridgehead atoms. The molecule has 0 aromatic carbocycles. The molecular weight excluding hydrogens is 268 g/mol. The summed E-state index contributed by atoms with van der Waals surface area (Å²) >= 11 is 3.34. The van der Waals surface area contributed by atoms with Crippen molar-refractivity contribution in [2.24, 2.45) is 11.7 Å². The summed E-state index contributed by atoms with van der Waals surface area (Å²) in [7, 11) is 0. The Balaban J connectivity index is 2.08. The zero-order valence-electron chi connectivity index (χ0n) is 9.43. The van der Waals surface area contributed by atoms with Crippen molar-refractivity contribution in [2.45, 2.75) is 25.8 Å². The number of nitrogens with two attached hydrogens (primary N) is 1. The first-order valence-electron chi connectivity index (χ1n) is 5.68. The molecule has 2 unspecified atom stereocenters. The molecule has 2 heterocycles. The topological polar surface area (TPSA) is 55.0 Å². The van der Waals surface area contributed by atoms with Gasteiger partial charge in [-0.2, -0.15) is 0 Å². The van der Waals surface area contributed by atoms with E-state index < -0.39 is 0 Å². The molecule has 1 saturated heterocycles. The maximum Gasteiger partial charge on any atom is 0.225 e. The van der Waals surface area contributed by atoms with E-state index in [1.807, 2.05) is 0 Å². The highest BCUT2D eigenvalue weighted by atomic mass is 79.9. The molecule has 2 atom stereocenters. The Bertz CT molecular complexity index is 340. The van der Waals surface area contributed by atoms with Crippen molar-refractivity contribution in [3.63, 3.8) is 0 Å². The minimum absolute atomic E-state index is 0.330. The average Bonchev–Trinajstić information content (AvgIpc) is 2.31. The van der Waals surface area contributed by atoms with Gasteiger partial charge in [-0.25, -0.2) is 9.97 Å². The van der Waals surface area contributed by atoms with Gasteiger partial charge in [0.1, 0.15) is 0 Å². The van der Waals surface area contributed by atoms with Crippen LogP contribution in [0.15, 0.2) is 16.9 Å². The number of piperidine rings is 1. The summed E-state index contributed by atoms with van der Waals surface area (Å²) in [6.45, 7) is 4.12. The van der Waals surface area contributed by atoms with Crippen molar-refractivity contribution in [1.82, 2.24) is 9.97 Å². The fourth-order valence-corrected chi connectivity index (χ4v) is 2.34. The van der Waals surface area contributed by atoms with Crippen LogP contribution in [0.4, 0.5) is 5.95 Å². The highest BCUT2D eigenvalue weighted by Gasteiger charge is 2.26. The largest absolute Gasteiger partial charge is 0.340 e. The first-order chi connectivity index (χ1) is 7.70. The van der Waals surface area contributed by atoms with E-state index in [1.54, 1.807) is 12.4 Å². The van der Waals surface area contributed by atoms with E-state index in [9.17, 15) is 0 Å². The van der Waals surface area contributed by atoms with Gasteiger partial charge < -0.3 is 10.6 Å². The van der Waals surface area contributed by atoms with E-state index in [2.05, 4.69) is 37.7 Å². The summed E-state index contributed by atoms with van der Waals surface area (Å²) in [6.07, 6.45) is 5.72. The van der Waals surface area contributed by atoms with Crippen molar-refractivity contribution >= 4 is 21.9 Å². The molecule has 16 heavy (non-hydrogen) atoms. The molecule has 4 nitrogen and oxygen atoms in total. The van der Waals surface area contributed by atoms with Crippen LogP contribution in [-0.4, -0.2) is 29.1 Å². The molecule has 88 valence electrons. The summed E-state index contributed by atoms with van der Waals surface area (Å²) in [6, 6.07) is 0.330. The van der Waals surface area contributed by atoms with Crippen LogP contribution in [0.3, 0.4) is 0 Å². The number of halogens is 1. The van der Waals surface area contributed by atoms with Gasteiger partial charge in [0.25, 0.3) is 0 Å². The lowest BCUT2D eigenvalue weighted by Gasteiger charge is -2.36. The van der Waals surface area contributed by atoms with Gasteiger partial charge >= 0.3 is 0 Å². The van der Waals surface area contributed by atoms with Crippen molar-refractivity contribution in [3.8, 4) is 0 Å². The predicted octanol–water partition coefficient (Wildman–Crippen LogP) is 1.80. The first-order valence-corrected chi connectivity index (χ1v) is 6.48. The summed E-state index contributed by atoms with van der Waals surface area (Å²) in [5, 5.41) is 0. The highest BCUT2D eigenvalue weighted by Crippen LogP contribution is 2.22. The van der Waals surface area contributed by atoms with Crippen LogP contribution in [0, 0.1) is 5.92 Å². The number of anilines is 1. The van der Waals surface area contributed by atoms with Crippen LogP contribution >= 0.6 is 15.9 Å². The van der Waals surface area contributed by atoms with E-state index in [0.29, 0.717) is 12.0 Å². The van der Waals surface area contributed by atoms with E-state index in [4.69, 9.17) is 5.73 Å². The maximum atomic E-state index is 6.08. The maximum absolute atomic E-state index is 6.08. The number of rotatable bonds is 2. The number of nitrogens with zero attached hydrogens (tertiary/aromatic N) is 3. The molecule has 0 radical (unpaired) electrons. The summed E-state index contributed by atoms with van der Waals surface area (Å²) in [5.41, 5.74) is 6.08. The zero-order valence-corrected chi connectivity index (χ0v) is 11.0. The number of aromatic nitrogens is 2. The Morgan fingerprint density at radius 3 is 2.81 bits per heavy atom. The monoisotopic (exact) mass is 284 g/mol. The SMILES string of the molecule is CCC1CN(c2ncc(Br)cn2)CCC1N. The lowest BCUT2D eigenvalue weighted by molar-refractivity contribution is 0.345.